The van der Waals surface area contributed by atoms with E-state index in [-0.39, 0.29) is 0 Å². The van der Waals surface area contributed by atoms with E-state index < -0.39 is 0 Å². The number of benzene rings is 10. The number of rotatable bonds is 8. The average molecular weight is 833 g/mol. The number of hydrogen-bond acceptors (Lipinski definition) is 2. The molecule has 12 rings (SSSR count). The third kappa shape index (κ3) is 6.43. The molecule has 0 amide bonds. The molecule has 0 aliphatic heterocycles. The van der Waals surface area contributed by atoms with Crippen molar-refractivity contribution >= 4 is 60.8 Å². The molecule has 2 heterocycles. The van der Waals surface area contributed by atoms with E-state index in [9.17, 15) is 0 Å². The van der Waals surface area contributed by atoms with Gasteiger partial charge in [0, 0.05) is 38.7 Å². The van der Waals surface area contributed by atoms with Gasteiger partial charge in [-0.15, -0.1) is 0 Å². The molecule has 10 aromatic carbocycles. The highest BCUT2D eigenvalue weighted by atomic mass is 16.3. The second-order valence-corrected chi connectivity index (χ2v) is 16.9. The summed E-state index contributed by atoms with van der Waals surface area (Å²) >= 11 is 0. The van der Waals surface area contributed by atoms with Crippen LogP contribution in [0.1, 0.15) is 11.1 Å². The van der Waals surface area contributed by atoms with Gasteiger partial charge in [0.1, 0.15) is 11.2 Å². The first-order valence-corrected chi connectivity index (χ1v) is 22.3. The summed E-state index contributed by atoms with van der Waals surface area (Å²) < 4.78 is 9.52. The van der Waals surface area contributed by atoms with E-state index in [0.717, 1.165) is 55.8 Å². The van der Waals surface area contributed by atoms with Gasteiger partial charge >= 0.3 is 0 Å². The number of anilines is 3. The summed E-state index contributed by atoms with van der Waals surface area (Å²) in [6, 6.07) is 83.1. The summed E-state index contributed by atoms with van der Waals surface area (Å²) in [5.41, 5.74) is 20.0. The highest BCUT2D eigenvalue weighted by Crippen LogP contribution is 2.50. The lowest BCUT2D eigenvalue weighted by molar-refractivity contribution is 0.670. The molecule has 0 aliphatic rings. The molecule has 3 heteroatoms. The smallest absolute Gasteiger partial charge is 0.145 e. The van der Waals surface area contributed by atoms with Crippen LogP contribution >= 0.6 is 0 Å². The normalized spacial score (nSPS) is 11.5. The van der Waals surface area contributed by atoms with Gasteiger partial charge in [-0.1, -0.05) is 170 Å². The Labute approximate surface area is 378 Å². The minimum atomic E-state index is 0.849. The molecule has 0 saturated heterocycles. The lowest BCUT2D eigenvalue weighted by Gasteiger charge is -2.30. The van der Waals surface area contributed by atoms with Crippen molar-refractivity contribution in [2.75, 3.05) is 4.90 Å². The van der Waals surface area contributed by atoms with Crippen LogP contribution in [-0.2, 0) is 0 Å². The molecule has 0 atom stereocenters. The van der Waals surface area contributed by atoms with Crippen molar-refractivity contribution in [2.24, 2.45) is 0 Å². The molecule has 2 aromatic heterocycles. The van der Waals surface area contributed by atoms with Crippen molar-refractivity contribution in [1.29, 1.82) is 0 Å². The van der Waals surface area contributed by atoms with Crippen LogP contribution < -0.4 is 4.90 Å². The number of hydrogen-bond donors (Lipinski definition) is 0. The summed E-state index contributed by atoms with van der Waals surface area (Å²) in [6.45, 7) is 4.48. The van der Waals surface area contributed by atoms with E-state index in [1.54, 1.807) is 0 Å². The molecule has 0 saturated carbocycles. The van der Waals surface area contributed by atoms with Crippen molar-refractivity contribution in [1.82, 2.24) is 4.57 Å². The minimum Gasteiger partial charge on any atom is -0.455 e. The maximum atomic E-state index is 7.11. The zero-order valence-electron chi connectivity index (χ0n) is 36.2. The van der Waals surface area contributed by atoms with Crippen LogP contribution in [0.2, 0.25) is 0 Å². The summed E-state index contributed by atoms with van der Waals surface area (Å²) in [6.07, 6.45) is 0. The summed E-state index contributed by atoms with van der Waals surface area (Å²) in [7, 11) is 0. The third-order valence-corrected chi connectivity index (χ3v) is 13.0. The topological polar surface area (TPSA) is 21.3 Å². The highest BCUT2D eigenvalue weighted by molar-refractivity contribution is 6.18. The monoisotopic (exact) mass is 832 g/mol. The number of furan rings is 1. The summed E-state index contributed by atoms with van der Waals surface area (Å²) in [4.78, 5) is 2.46. The Hall–Kier alpha value is -8.40. The molecule has 0 radical (unpaired) electrons. The zero-order valence-corrected chi connectivity index (χ0v) is 36.2. The molecule has 0 spiro atoms. The molecule has 12 aromatic rings. The van der Waals surface area contributed by atoms with Gasteiger partial charge in [0.15, 0.2) is 0 Å². The zero-order chi connectivity index (χ0) is 43.4. The molecular formula is C62H44N2O. The van der Waals surface area contributed by atoms with Gasteiger partial charge in [-0.25, -0.2) is 0 Å². The Kier molecular flexibility index (Phi) is 9.28. The first-order valence-electron chi connectivity index (χ1n) is 22.3. The lowest BCUT2D eigenvalue weighted by Crippen LogP contribution is -2.13. The maximum Gasteiger partial charge on any atom is 0.145 e. The average Bonchev–Trinajstić information content (AvgIpc) is 3.92. The molecule has 308 valence electrons. The quantitative estimate of drug-likeness (QED) is 0.152. The molecule has 0 bridgehead atoms. The second kappa shape index (κ2) is 15.7. The van der Waals surface area contributed by atoms with Crippen molar-refractivity contribution in [2.45, 2.75) is 13.8 Å². The largest absolute Gasteiger partial charge is 0.455 e. The van der Waals surface area contributed by atoms with Crippen molar-refractivity contribution in [3.8, 4) is 50.2 Å². The molecule has 0 fully saturated rings. The fourth-order valence-electron chi connectivity index (χ4n) is 10.1. The fourth-order valence-corrected chi connectivity index (χ4v) is 10.1. The Morgan fingerprint density at radius 3 is 1.65 bits per heavy atom. The van der Waals surface area contributed by atoms with Crippen LogP contribution in [0.15, 0.2) is 235 Å². The van der Waals surface area contributed by atoms with Gasteiger partial charge in [0.2, 0.25) is 0 Å². The first-order chi connectivity index (χ1) is 32.1. The van der Waals surface area contributed by atoms with E-state index in [0.29, 0.717) is 0 Å². The van der Waals surface area contributed by atoms with Gasteiger partial charge in [-0.05, 0) is 119 Å². The van der Waals surface area contributed by atoms with E-state index in [2.05, 4.69) is 254 Å². The Bertz CT molecular complexity index is 3680. The second-order valence-electron chi connectivity index (χ2n) is 16.9. The van der Waals surface area contributed by atoms with Crippen LogP contribution in [-0.4, -0.2) is 4.57 Å². The molecule has 0 unspecified atom stereocenters. The van der Waals surface area contributed by atoms with Crippen LogP contribution in [0.25, 0.3) is 93.9 Å². The van der Waals surface area contributed by atoms with Crippen molar-refractivity contribution < 1.29 is 4.42 Å². The van der Waals surface area contributed by atoms with Crippen LogP contribution in [0.5, 0.6) is 0 Å². The molecule has 65 heavy (non-hydrogen) atoms. The predicted octanol–water partition coefficient (Wildman–Crippen LogP) is 17.4. The maximum absolute atomic E-state index is 7.11. The van der Waals surface area contributed by atoms with E-state index in [1.807, 2.05) is 0 Å². The van der Waals surface area contributed by atoms with E-state index in [4.69, 9.17) is 4.42 Å². The van der Waals surface area contributed by atoms with Crippen molar-refractivity contribution in [3.63, 3.8) is 0 Å². The van der Waals surface area contributed by atoms with Gasteiger partial charge in [0.05, 0.1) is 27.8 Å². The van der Waals surface area contributed by atoms with Crippen molar-refractivity contribution in [3.05, 3.63) is 242 Å². The number of para-hydroxylation sites is 4. The van der Waals surface area contributed by atoms with Gasteiger partial charge in [0.25, 0.3) is 0 Å². The molecule has 3 nitrogen and oxygen atoms in total. The SMILES string of the molecule is Cc1cc(-c2ccccc2)ccc1N(c1cc(C)c(-c2ccccc2)c(-c2ccccc2)c1)c1ccc(-c2ccccc2-n2c3ccccc3c3ccccc32)c2oc3ccccc3c12. The Balaban J connectivity index is 1.14. The number of nitrogens with zero attached hydrogens (tertiary/aromatic N) is 2. The highest BCUT2D eigenvalue weighted by Gasteiger charge is 2.26. The lowest BCUT2D eigenvalue weighted by atomic mass is 9.89. The van der Waals surface area contributed by atoms with Crippen LogP contribution in [0, 0.1) is 13.8 Å². The van der Waals surface area contributed by atoms with Gasteiger partial charge < -0.3 is 13.9 Å². The number of aryl methyl sites for hydroxylation is 2. The molecule has 0 aliphatic carbocycles. The fraction of sp³-hybridized carbons (Fsp3) is 0.0323. The molecule has 0 N–H and O–H groups in total. The Morgan fingerprint density at radius 2 is 0.954 bits per heavy atom. The minimum absolute atomic E-state index is 0.849. The molecular weight excluding hydrogens is 789 g/mol. The first kappa shape index (κ1) is 38.3. The summed E-state index contributed by atoms with van der Waals surface area (Å²) in [5.74, 6) is 0. The van der Waals surface area contributed by atoms with E-state index >= 15 is 0 Å². The standard InChI is InChI=1S/C62H44N2O/c1-41-38-46(43-20-6-3-7-21-43)34-36-54(41)63(47-39-42(2)60(45-24-10-5-11-25-45)53(40-47)44-22-8-4-9-23-44)58-37-35-51(62-61(58)52-29-15-19-33-59(52)65-62)50-28-14-18-32-57(50)64-55-30-16-12-26-48(55)49-27-13-17-31-56(49)64/h3-40H,1-2H3. The number of aromatic nitrogens is 1. The van der Waals surface area contributed by atoms with Gasteiger partial charge in [-0.3, -0.25) is 0 Å². The van der Waals surface area contributed by atoms with Crippen LogP contribution in [0.4, 0.5) is 17.1 Å². The van der Waals surface area contributed by atoms with Gasteiger partial charge in [-0.2, -0.15) is 0 Å². The summed E-state index contributed by atoms with van der Waals surface area (Å²) in [5, 5.41) is 4.59. The number of fused-ring (bicyclic) bond motifs is 6. The third-order valence-electron chi connectivity index (χ3n) is 13.0. The Morgan fingerprint density at radius 1 is 0.385 bits per heavy atom. The van der Waals surface area contributed by atoms with Crippen LogP contribution in [0.3, 0.4) is 0 Å². The predicted molar refractivity (Wildman–Crippen MR) is 274 cm³/mol. The van der Waals surface area contributed by atoms with E-state index in [1.165, 1.54) is 66.3 Å².